The summed E-state index contributed by atoms with van der Waals surface area (Å²) in [4.78, 5) is 40.5. The average molecular weight is 721 g/mol. The minimum Gasteiger partial charge on any atom is -0.459 e. The third-order valence-electron chi connectivity index (χ3n) is 14.8. The normalized spacial score (nSPS) is 46.7. The maximum atomic E-state index is 14.8. The van der Waals surface area contributed by atoms with Crippen LogP contribution in [0.5, 0.6) is 0 Å². The Bertz CT molecular complexity index is 1660. The van der Waals surface area contributed by atoms with Gasteiger partial charge in [-0.15, -0.1) is 0 Å². The number of epoxide rings is 1. The zero-order valence-electron chi connectivity index (χ0n) is 29.7. The summed E-state index contributed by atoms with van der Waals surface area (Å²) in [5.74, 6) is -4.18. The lowest BCUT2D eigenvalue weighted by Crippen LogP contribution is -2.70. The van der Waals surface area contributed by atoms with E-state index < -0.39 is 86.7 Å². The predicted molar refractivity (Wildman–Crippen MR) is 172 cm³/mol. The monoisotopic (exact) mass is 720 g/mol. The van der Waals surface area contributed by atoms with Gasteiger partial charge in [0.05, 0.1) is 23.0 Å². The first-order valence-electron chi connectivity index (χ1n) is 17.8. The molecule has 1 spiro atoms. The van der Waals surface area contributed by atoms with Crippen molar-refractivity contribution >= 4 is 17.7 Å². The maximum absolute atomic E-state index is 14.8. The van der Waals surface area contributed by atoms with Gasteiger partial charge in [0.1, 0.15) is 22.9 Å². The lowest BCUT2D eigenvalue weighted by Gasteiger charge is -2.61. The molecular weight excluding hydrogens is 673 g/mol. The van der Waals surface area contributed by atoms with Gasteiger partial charge in [0.25, 0.3) is 5.60 Å². The number of esters is 2. The highest BCUT2D eigenvalue weighted by molar-refractivity contribution is 5.98. The number of aliphatic hydroxyl groups is 3. The number of allylic oxidation sites excluding steroid dienone is 1. The largest absolute Gasteiger partial charge is 0.459 e. The third-order valence-corrected chi connectivity index (χ3v) is 14.8. The van der Waals surface area contributed by atoms with E-state index >= 15 is 0 Å². The van der Waals surface area contributed by atoms with E-state index in [2.05, 4.69) is 0 Å². The Morgan fingerprint density at radius 1 is 1.02 bits per heavy atom. The summed E-state index contributed by atoms with van der Waals surface area (Å²) in [7, 11) is 0.798. The zero-order chi connectivity index (χ0) is 37.4. The van der Waals surface area contributed by atoms with Crippen molar-refractivity contribution in [2.45, 2.75) is 126 Å². The van der Waals surface area contributed by atoms with Crippen molar-refractivity contribution in [3.63, 3.8) is 0 Å². The van der Waals surface area contributed by atoms with Gasteiger partial charge < -0.3 is 34.3 Å². The van der Waals surface area contributed by atoms with Crippen molar-refractivity contribution in [1.82, 2.24) is 0 Å². The molecule has 10 nitrogen and oxygen atoms in total. The molecule has 51 heavy (non-hydrogen) atoms. The Balaban J connectivity index is 1.19. The van der Waals surface area contributed by atoms with Gasteiger partial charge in [0.15, 0.2) is 11.9 Å². The lowest BCUT2D eigenvalue weighted by atomic mass is 9.43. The topological polar surface area (TPSA) is 152 Å². The maximum Gasteiger partial charge on any atom is 0.432 e. The quantitative estimate of drug-likeness (QED) is 0.286. The van der Waals surface area contributed by atoms with Crippen molar-refractivity contribution in [3.05, 3.63) is 48.0 Å². The van der Waals surface area contributed by atoms with Gasteiger partial charge in [-0.1, -0.05) is 37.3 Å². The molecular formula is C38H47F3O10. The number of fused-ring (bicyclic) bond motifs is 4. The second-order valence-corrected chi connectivity index (χ2v) is 16.7. The molecule has 0 bridgehead atoms. The smallest absolute Gasteiger partial charge is 0.432 e. The fourth-order valence-electron chi connectivity index (χ4n) is 11.4. The first-order chi connectivity index (χ1) is 23.6. The van der Waals surface area contributed by atoms with Crippen molar-refractivity contribution in [2.24, 2.45) is 34.5 Å². The molecule has 0 amide bonds. The summed E-state index contributed by atoms with van der Waals surface area (Å²) < 4.78 is 67.0. The summed E-state index contributed by atoms with van der Waals surface area (Å²) in [6.45, 7) is 8.18. The number of ether oxygens (including phenoxy) is 4. The molecule has 6 aliphatic rings. The summed E-state index contributed by atoms with van der Waals surface area (Å²) in [6.07, 6.45) is -3.99. The number of alkyl halides is 3. The average Bonchev–Trinajstić information content (AvgIpc) is 3.72. The van der Waals surface area contributed by atoms with E-state index in [-0.39, 0.29) is 36.4 Å². The van der Waals surface area contributed by atoms with Gasteiger partial charge in [0, 0.05) is 24.5 Å². The van der Waals surface area contributed by atoms with E-state index in [1.165, 1.54) is 44.2 Å². The van der Waals surface area contributed by atoms with Crippen LogP contribution in [0.1, 0.15) is 78.7 Å². The molecule has 3 N–H and O–H groups in total. The Hall–Kier alpha value is -2.84. The summed E-state index contributed by atoms with van der Waals surface area (Å²) in [5, 5.41) is 35.7. The molecule has 2 heterocycles. The third kappa shape index (κ3) is 4.44. The number of benzene rings is 1. The highest BCUT2D eigenvalue weighted by atomic mass is 19.4. The van der Waals surface area contributed by atoms with E-state index in [4.69, 9.17) is 18.9 Å². The van der Waals surface area contributed by atoms with E-state index in [0.717, 1.165) is 19.2 Å². The summed E-state index contributed by atoms with van der Waals surface area (Å²) in [5.41, 5.74) is -12.6. The van der Waals surface area contributed by atoms with Crippen LogP contribution in [0.25, 0.3) is 0 Å². The van der Waals surface area contributed by atoms with Crippen LogP contribution in [0.15, 0.2) is 42.5 Å². The highest BCUT2D eigenvalue weighted by Gasteiger charge is 2.83. The Labute approximate surface area is 294 Å². The lowest BCUT2D eigenvalue weighted by molar-refractivity contribution is -0.279. The molecule has 3 saturated carbocycles. The molecule has 1 aromatic carbocycles. The first-order valence-corrected chi connectivity index (χ1v) is 17.8. The minimum absolute atomic E-state index is 0.0670. The molecule has 1 aromatic rings. The molecule has 2 saturated heterocycles. The van der Waals surface area contributed by atoms with Gasteiger partial charge in [-0.2, -0.15) is 13.2 Å². The number of rotatable bonds is 6. The van der Waals surface area contributed by atoms with Crippen molar-refractivity contribution < 1.29 is 61.8 Å². The van der Waals surface area contributed by atoms with Gasteiger partial charge in [-0.25, -0.2) is 4.79 Å². The number of carbonyl (C=O) groups excluding carboxylic acids is 3. The van der Waals surface area contributed by atoms with Gasteiger partial charge in [-0.05, 0) is 89.7 Å². The Morgan fingerprint density at radius 2 is 1.67 bits per heavy atom. The highest BCUT2D eigenvalue weighted by Crippen LogP contribution is 2.74. The molecule has 4 aliphatic carbocycles. The van der Waals surface area contributed by atoms with Gasteiger partial charge >= 0.3 is 18.1 Å². The number of hydrogen-bond acceptors (Lipinski definition) is 10. The van der Waals surface area contributed by atoms with Crippen molar-refractivity contribution in [2.75, 3.05) is 7.11 Å². The van der Waals surface area contributed by atoms with Crippen LogP contribution in [0.2, 0.25) is 0 Å². The molecule has 7 rings (SSSR count). The van der Waals surface area contributed by atoms with E-state index in [1.807, 2.05) is 6.92 Å². The number of cyclic esters (lactones) is 1. The second kappa shape index (κ2) is 11.1. The van der Waals surface area contributed by atoms with Crippen LogP contribution in [0, 0.1) is 34.5 Å². The van der Waals surface area contributed by atoms with Gasteiger partial charge in [-0.3, -0.25) is 9.59 Å². The minimum atomic E-state index is -5.19. The van der Waals surface area contributed by atoms with E-state index in [0.29, 0.717) is 25.7 Å². The van der Waals surface area contributed by atoms with Crippen molar-refractivity contribution in [3.8, 4) is 0 Å². The second-order valence-electron chi connectivity index (χ2n) is 16.7. The Morgan fingerprint density at radius 3 is 2.27 bits per heavy atom. The molecule has 0 aromatic heterocycles. The standard InChI is InChI=1S/C38H47F3O10/c1-20-29(43)49-28(19-32(20,3)45)34(5,46)35(47)17-15-23-22-18-27-37(51-27)26(13-12-25(42)33(37,4)24(22)14-16-31(23,35)2)50-30(44)36(48-6,38(39,40)41)21-10-8-7-9-11-21/h7-13,20,22-24,26-28,45-47H,14-19H2,1-6H3/t20-,22-,23-,24-,26-,27+,28+,31-,32+,33-,34-,35+,36-,37+/m0/s1. The van der Waals surface area contributed by atoms with Crippen LogP contribution >= 0.6 is 0 Å². The molecule has 13 heteroatoms. The SMILES string of the molecule is CO[C@](C(=O)O[C@H]1C=CC(=O)[C@]2(C)[C@H]3CC[C@@]4(C)[C@@H](CC[C@]4(O)[C@@](C)(O)[C@H]4C[C@@](C)(O)[C@@H](C)C(=O)O4)[C@@H]3C[C@H]3O[C@]132)(c1ccccc1)C(F)(F)F. The zero-order valence-corrected chi connectivity index (χ0v) is 29.7. The van der Waals surface area contributed by atoms with Gasteiger partial charge in [0.2, 0.25) is 0 Å². The van der Waals surface area contributed by atoms with Crippen LogP contribution in [-0.4, -0.2) is 87.0 Å². The molecule has 0 radical (unpaired) electrons. The summed E-state index contributed by atoms with van der Waals surface area (Å²) >= 11 is 0. The molecule has 14 atom stereocenters. The summed E-state index contributed by atoms with van der Waals surface area (Å²) in [6, 6.07) is 6.53. The number of ketones is 1. The number of hydrogen-bond donors (Lipinski definition) is 3. The van der Waals surface area contributed by atoms with E-state index in [1.54, 1.807) is 13.8 Å². The van der Waals surface area contributed by atoms with Crippen LogP contribution < -0.4 is 0 Å². The fraction of sp³-hybridized carbons (Fsp3) is 0.711. The van der Waals surface area contributed by atoms with Crippen LogP contribution in [0.4, 0.5) is 13.2 Å². The first kappa shape index (κ1) is 36.5. The van der Waals surface area contributed by atoms with Crippen LogP contribution in [-0.2, 0) is 38.9 Å². The predicted octanol–water partition coefficient (Wildman–Crippen LogP) is 4.32. The molecule has 2 aliphatic heterocycles. The Kier molecular flexibility index (Phi) is 7.95. The molecule has 0 unspecified atom stereocenters. The number of methoxy groups -OCH3 is 1. The van der Waals surface area contributed by atoms with E-state index in [9.17, 15) is 42.9 Å². The molecule has 280 valence electrons. The number of carbonyl (C=O) groups is 3. The molecule has 5 fully saturated rings. The number of halogens is 3. The van der Waals surface area contributed by atoms with Crippen LogP contribution in [0.3, 0.4) is 0 Å². The fourth-order valence-corrected chi connectivity index (χ4v) is 11.4. The van der Waals surface area contributed by atoms with Crippen molar-refractivity contribution in [1.29, 1.82) is 0 Å².